The van der Waals surface area contributed by atoms with Gasteiger partial charge in [-0.1, -0.05) is 18.2 Å². The highest BCUT2D eigenvalue weighted by Crippen LogP contribution is 2.21. The van der Waals surface area contributed by atoms with E-state index in [9.17, 15) is 18.3 Å². The molecular formula is C14H11F3O2. The molecule has 0 spiro atoms. The quantitative estimate of drug-likeness (QED) is 0.922. The van der Waals surface area contributed by atoms with Gasteiger partial charge in [0.25, 0.3) is 0 Å². The third-order valence-electron chi connectivity index (χ3n) is 2.55. The summed E-state index contributed by atoms with van der Waals surface area (Å²) in [4.78, 5) is 0. The molecule has 2 rings (SSSR count). The zero-order chi connectivity index (χ0) is 13.8. The van der Waals surface area contributed by atoms with Crippen molar-refractivity contribution in [2.75, 3.05) is 6.61 Å². The Labute approximate surface area is 108 Å². The largest absolute Gasteiger partial charge is 0.487 e. The minimum absolute atomic E-state index is 0.0602. The summed E-state index contributed by atoms with van der Waals surface area (Å²) in [5, 5.41) is 9.75. The minimum Gasteiger partial charge on any atom is -0.487 e. The Bertz CT molecular complexity index is 572. The van der Waals surface area contributed by atoms with Crippen LogP contribution in [0.2, 0.25) is 0 Å². The molecule has 0 aliphatic heterocycles. The second-order valence-corrected chi connectivity index (χ2v) is 3.92. The lowest BCUT2D eigenvalue weighted by Gasteiger charge is -2.13. The van der Waals surface area contributed by atoms with Crippen molar-refractivity contribution < 1.29 is 23.0 Å². The SMILES string of the molecule is OC(COc1ccc(F)cc1F)c1ccccc1F. The summed E-state index contributed by atoms with van der Waals surface area (Å²) in [6.07, 6.45) is -1.23. The molecule has 0 aliphatic carbocycles. The first-order valence-electron chi connectivity index (χ1n) is 5.58. The van der Waals surface area contributed by atoms with E-state index in [1.807, 2.05) is 0 Å². The van der Waals surface area contributed by atoms with E-state index in [4.69, 9.17) is 4.74 Å². The summed E-state index contributed by atoms with van der Waals surface area (Å²) in [6.45, 7) is -0.330. The highest BCUT2D eigenvalue weighted by molar-refractivity contribution is 5.25. The van der Waals surface area contributed by atoms with Crippen LogP contribution in [0.15, 0.2) is 42.5 Å². The third kappa shape index (κ3) is 3.26. The first kappa shape index (κ1) is 13.4. The third-order valence-corrected chi connectivity index (χ3v) is 2.55. The number of ether oxygens (including phenoxy) is 1. The Morgan fingerprint density at radius 1 is 1.00 bits per heavy atom. The van der Waals surface area contributed by atoms with Crippen LogP contribution >= 0.6 is 0 Å². The fourth-order valence-electron chi connectivity index (χ4n) is 1.60. The molecule has 0 fully saturated rings. The molecule has 1 unspecified atom stereocenters. The van der Waals surface area contributed by atoms with E-state index in [1.165, 1.54) is 18.2 Å². The average Bonchev–Trinajstić information content (AvgIpc) is 2.38. The van der Waals surface area contributed by atoms with Crippen molar-refractivity contribution in [3.63, 3.8) is 0 Å². The maximum Gasteiger partial charge on any atom is 0.167 e. The molecule has 19 heavy (non-hydrogen) atoms. The number of aliphatic hydroxyl groups is 1. The fraction of sp³-hybridized carbons (Fsp3) is 0.143. The summed E-state index contributed by atoms with van der Waals surface area (Å²) >= 11 is 0. The van der Waals surface area contributed by atoms with Crippen molar-refractivity contribution in [1.29, 1.82) is 0 Å². The molecule has 1 atom stereocenters. The Balaban J connectivity index is 2.04. The molecule has 0 heterocycles. The number of hydrogen-bond acceptors (Lipinski definition) is 2. The number of benzene rings is 2. The van der Waals surface area contributed by atoms with Crippen LogP contribution in [0.25, 0.3) is 0 Å². The molecular weight excluding hydrogens is 257 g/mol. The molecule has 2 aromatic carbocycles. The van der Waals surface area contributed by atoms with Gasteiger partial charge in [-0.2, -0.15) is 0 Å². The summed E-state index contributed by atoms with van der Waals surface area (Å²) in [5.74, 6) is -2.37. The van der Waals surface area contributed by atoms with Crippen LogP contribution in [0.4, 0.5) is 13.2 Å². The summed E-state index contributed by atoms with van der Waals surface area (Å²) < 4.78 is 44.3. The molecule has 2 aromatic rings. The van der Waals surface area contributed by atoms with E-state index < -0.39 is 23.6 Å². The molecule has 0 aromatic heterocycles. The molecule has 0 saturated carbocycles. The zero-order valence-electron chi connectivity index (χ0n) is 9.82. The van der Waals surface area contributed by atoms with E-state index in [0.717, 1.165) is 12.1 Å². The van der Waals surface area contributed by atoms with Crippen molar-refractivity contribution in [3.8, 4) is 5.75 Å². The molecule has 1 N–H and O–H groups in total. The Morgan fingerprint density at radius 3 is 2.42 bits per heavy atom. The molecule has 0 bridgehead atoms. The Morgan fingerprint density at radius 2 is 1.74 bits per heavy atom. The van der Waals surface area contributed by atoms with Crippen LogP contribution in [-0.4, -0.2) is 11.7 Å². The van der Waals surface area contributed by atoms with Gasteiger partial charge in [0.2, 0.25) is 0 Å². The molecule has 0 radical (unpaired) electrons. The fourth-order valence-corrected chi connectivity index (χ4v) is 1.60. The van der Waals surface area contributed by atoms with Gasteiger partial charge in [0.1, 0.15) is 24.3 Å². The Kier molecular flexibility index (Phi) is 4.06. The van der Waals surface area contributed by atoms with Crippen LogP contribution < -0.4 is 4.74 Å². The summed E-state index contributed by atoms with van der Waals surface area (Å²) in [5.41, 5.74) is 0.0602. The minimum atomic E-state index is -1.23. The maximum atomic E-state index is 13.4. The maximum absolute atomic E-state index is 13.4. The summed E-state index contributed by atoms with van der Waals surface area (Å²) in [7, 11) is 0. The smallest absolute Gasteiger partial charge is 0.167 e. The van der Waals surface area contributed by atoms with Crippen molar-refractivity contribution in [2.45, 2.75) is 6.10 Å². The molecule has 0 amide bonds. The standard InChI is InChI=1S/C14H11F3O2/c15-9-5-6-14(12(17)7-9)19-8-13(18)10-3-1-2-4-11(10)16/h1-7,13,18H,8H2. The van der Waals surface area contributed by atoms with E-state index in [1.54, 1.807) is 6.07 Å². The van der Waals surface area contributed by atoms with Gasteiger partial charge in [-0.15, -0.1) is 0 Å². The van der Waals surface area contributed by atoms with Gasteiger partial charge in [-0.05, 0) is 18.2 Å². The number of hydrogen-bond donors (Lipinski definition) is 1. The predicted molar refractivity (Wildman–Crippen MR) is 63.2 cm³/mol. The van der Waals surface area contributed by atoms with Gasteiger partial charge in [-0.25, -0.2) is 13.2 Å². The Hall–Kier alpha value is -2.01. The summed E-state index contributed by atoms with van der Waals surface area (Å²) in [6, 6.07) is 8.49. The van der Waals surface area contributed by atoms with Gasteiger partial charge >= 0.3 is 0 Å². The molecule has 5 heteroatoms. The molecule has 100 valence electrons. The van der Waals surface area contributed by atoms with E-state index in [2.05, 4.69) is 0 Å². The number of rotatable bonds is 4. The van der Waals surface area contributed by atoms with Crippen LogP contribution in [-0.2, 0) is 0 Å². The van der Waals surface area contributed by atoms with Gasteiger partial charge in [0.15, 0.2) is 11.6 Å². The van der Waals surface area contributed by atoms with Gasteiger partial charge in [0.05, 0.1) is 0 Å². The topological polar surface area (TPSA) is 29.5 Å². The highest BCUT2D eigenvalue weighted by atomic mass is 19.1. The van der Waals surface area contributed by atoms with Crippen molar-refractivity contribution in [2.24, 2.45) is 0 Å². The second-order valence-electron chi connectivity index (χ2n) is 3.92. The van der Waals surface area contributed by atoms with E-state index >= 15 is 0 Å². The number of aliphatic hydroxyl groups excluding tert-OH is 1. The first-order chi connectivity index (χ1) is 9.08. The van der Waals surface area contributed by atoms with E-state index in [-0.39, 0.29) is 17.9 Å². The van der Waals surface area contributed by atoms with Crippen LogP contribution in [0, 0.1) is 17.5 Å². The van der Waals surface area contributed by atoms with Crippen molar-refractivity contribution in [1.82, 2.24) is 0 Å². The second kappa shape index (κ2) is 5.75. The average molecular weight is 268 g/mol. The monoisotopic (exact) mass is 268 g/mol. The lowest BCUT2D eigenvalue weighted by Crippen LogP contribution is -2.11. The normalized spacial score (nSPS) is 12.2. The van der Waals surface area contributed by atoms with Gasteiger partial charge in [-0.3, -0.25) is 0 Å². The van der Waals surface area contributed by atoms with Crippen LogP contribution in [0.5, 0.6) is 5.75 Å². The zero-order valence-corrected chi connectivity index (χ0v) is 9.82. The van der Waals surface area contributed by atoms with Gasteiger partial charge < -0.3 is 9.84 Å². The number of halogens is 3. The van der Waals surface area contributed by atoms with Crippen molar-refractivity contribution in [3.05, 3.63) is 65.5 Å². The predicted octanol–water partition coefficient (Wildman–Crippen LogP) is 3.22. The van der Waals surface area contributed by atoms with E-state index in [0.29, 0.717) is 6.07 Å². The molecule has 0 aliphatic rings. The lowest BCUT2D eigenvalue weighted by molar-refractivity contribution is 0.102. The highest BCUT2D eigenvalue weighted by Gasteiger charge is 2.14. The molecule has 0 saturated heterocycles. The van der Waals surface area contributed by atoms with Crippen molar-refractivity contribution >= 4 is 0 Å². The van der Waals surface area contributed by atoms with Gasteiger partial charge in [0, 0.05) is 11.6 Å². The molecule has 2 nitrogen and oxygen atoms in total. The van der Waals surface area contributed by atoms with Crippen LogP contribution in [0.3, 0.4) is 0 Å². The first-order valence-corrected chi connectivity index (χ1v) is 5.58. The lowest BCUT2D eigenvalue weighted by atomic mass is 10.1. The van der Waals surface area contributed by atoms with Crippen LogP contribution in [0.1, 0.15) is 11.7 Å².